The van der Waals surface area contributed by atoms with Crippen LogP contribution in [0.25, 0.3) is 0 Å². The minimum Gasteiger partial charge on any atom is -0.285 e. The molecule has 0 saturated heterocycles. The molecule has 0 aliphatic carbocycles. The quantitative estimate of drug-likeness (QED) is 0.762. The normalized spacial score (nSPS) is 12.4. The molecule has 1 atom stereocenters. The molecule has 0 aromatic heterocycles. The lowest BCUT2D eigenvalue weighted by molar-refractivity contribution is 0.245. The van der Waals surface area contributed by atoms with E-state index >= 15 is 0 Å². The van der Waals surface area contributed by atoms with E-state index in [0.717, 1.165) is 31.5 Å². The Labute approximate surface area is 109 Å². The molecular formula is C14H19ClN2. The maximum atomic E-state index is 9.35. The highest BCUT2D eigenvalue weighted by Gasteiger charge is 2.20. The third kappa shape index (κ3) is 3.73. The molecular weight excluding hydrogens is 232 g/mol. The van der Waals surface area contributed by atoms with E-state index in [1.54, 1.807) is 0 Å². The highest BCUT2D eigenvalue weighted by Crippen LogP contribution is 2.27. The first-order valence-corrected chi connectivity index (χ1v) is 6.50. The average Bonchev–Trinajstić information content (AvgIpc) is 2.36. The predicted octanol–water partition coefficient (Wildman–Crippen LogP) is 4.03. The van der Waals surface area contributed by atoms with Crippen LogP contribution in [-0.2, 0) is 0 Å². The molecule has 0 spiro atoms. The van der Waals surface area contributed by atoms with Crippen molar-refractivity contribution in [3.05, 3.63) is 34.9 Å². The van der Waals surface area contributed by atoms with Crippen molar-refractivity contribution in [2.45, 2.75) is 32.7 Å². The Morgan fingerprint density at radius 2 is 2.06 bits per heavy atom. The van der Waals surface area contributed by atoms with E-state index in [9.17, 15) is 5.26 Å². The summed E-state index contributed by atoms with van der Waals surface area (Å²) in [6.45, 7) is 6.04. The van der Waals surface area contributed by atoms with Crippen molar-refractivity contribution in [1.82, 2.24) is 4.90 Å². The second kappa shape index (κ2) is 7.32. The van der Waals surface area contributed by atoms with Crippen molar-refractivity contribution >= 4 is 11.6 Å². The fourth-order valence-corrected chi connectivity index (χ4v) is 2.11. The van der Waals surface area contributed by atoms with Crippen molar-refractivity contribution < 1.29 is 0 Å². The third-order valence-corrected chi connectivity index (χ3v) is 3.24. The fraction of sp³-hybridized carbons (Fsp3) is 0.500. The van der Waals surface area contributed by atoms with Gasteiger partial charge in [0.05, 0.1) is 6.07 Å². The van der Waals surface area contributed by atoms with Gasteiger partial charge in [0, 0.05) is 10.6 Å². The Bertz CT molecular complexity index is 384. The topological polar surface area (TPSA) is 27.0 Å². The molecule has 0 saturated carbocycles. The number of hydrogen-bond acceptors (Lipinski definition) is 2. The van der Waals surface area contributed by atoms with Crippen LogP contribution in [0.1, 0.15) is 38.3 Å². The zero-order chi connectivity index (χ0) is 12.7. The van der Waals surface area contributed by atoms with Crippen LogP contribution in [0.2, 0.25) is 5.02 Å². The van der Waals surface area contributed by atoms with E-state index < -0.39 is 0 Å². The molecule has 0 amide bonds. The summed E-state index contributed by atoms with van der Waals surface area (Å²) in [4.78, 5) is 2.17. The predicted molar refractivity (Wildman–Crippen MR) is 72.0 cm³/mol. The fourth-order valence-electron chi connectivity index (χ4n) is 1.88. The van der Waals surface area contributed by atoms with E-state index in [4.69, 9.17) is 11.6 Å². The number of halogens is 1. The summed E-state index contributed by atoms with van der Waals surface area (Å²) in [5, 5.41) is 10.0. The molecule has 2 nitrogen and oxygen atoms in total. The summed E-state index contributed by atoms with van der Waals surface area (Å²) < 4.78 is 0. The van der Waals surface area contributed by atoms with Gasteiger partial charge in [0.2, 0.25) is 0 Å². The van der Waals surface area contributed by atoms with Crippen LogP contribution in [0.5, 0.6) is 0 Å². The Balaban J connectivity index is 2.90. The number of hydrogen-bond donors (Lipinski definition) is 0. The van der Waals surface area contributed by atoms with Crippen LogP contribution in [0.15, 0.2) is 24.3 Å². The summed E-state index contributed by atoms with van der Waals surface area (Å²) >= 11 is 6.16. The maximum absolute atomic E-state index is 9.35. The second-order valence-corrected chi connectivity index (χ2v) is 4.44. The lowest BCUT2D eigenvalue weighted by Gasteiger charge is -2.26. The molecule has 0 N–H and O–H groups in total. The molecule has 0 aliphatic rings. The Morgan fingerprint density at radius 1 is 1.35 bits per heavy atom. The standard InChI is InChI=1S/C14H19ClN2/c1-3-5-10-17(4-2)14(11-16)12-8-6-7-9-13(12)15/h6-9,14H,3-5,10H2,1-2H3. The summed E-state index contributed by atoms with van der Waals surface area (Å²) in [7, 11) is 0. The highest BCUT2D eigenvalue weighted by molar-refractivity contribution is 6.31. The average molecular weight is 251 g/mol. The molecule has 1 rings (SSSR count). The van der Waals surface area contributed by atoms with Crippen LogP contribution in [0.3, 0.4) is 0 Å². The SMILES string of the molecule is CCCCN(CC)C(C#N)c1ccccc1Cl. The maximum Gasteiger partial charge on any atom is 0.125 e. The first-order chi connectivity index (χ1) is 8.24. The first kappa shape index (κ1) is 14.0. The van der Waals surface area contributed by atoms with Gasteiger partial charge in [-0.3, -0.25) is 4.90 Å². The molecule has 0 bridgehead atoms. The van der Waals surface area contributed by atoms with Crippen molar-refractivity contribution in [1.29, 1.82) is 5.26 Å². The zero-order valence-corrected chi connectivity index (χ0v) is 11.2. The smallest absolute Gasteiger partial charge is 0.125 e. The van der Waals surface area contributed by atoms with Gasteiger partial charge in [0.15, 0.2) is 0 Å². The molecule has 0 heterocycles. The molecule has 0 radical (unpaired) electrons. The summed E-state index contributed by atoms with van der Waals surface area (Å²) in [5.74, 6) is 0. The van der Waals surface area contributed by atoms with E-state index in [2.05, 4.69) is 24.8 Å². The lowest BCUT2D eigenvalue weighted by atomic mass is 10.1. The van der Waals surface area contributed by atoms with Gasteiger partial charge in [-0.15, -0.1) is 0 Å². The van der Waals surface area contributed by atoms with Crippen molar-refractivity contribution in [2.24, 2.45) is 0 Å². The van der Waals surface area contributed by atoms with Crippen molar-refractivity contribution in [2.75, 3.05) is 13.1 Å². The molecule has 1 aromatic rings. The number of rotatable bonds is 6. The van der Waals surface area contributed by atoms with E-state index in [0.29, 0.717) is 5.02 Å². The molecule has 1 aromatic carbocycles. The first-order valence-electron chi connectivity index (χ1n) is 6.12. The lowest BCUT2D eigenvalue weighted by Crippen LogP contribution is -2.29. The van der Waals surface area contributed by atoms with Crippen molar-refractivity contribution in [3.63, 3.8) is 0 Å². The van der Waals surface area contributed by atoms with Gasteiger partial charge >= 0.3 is 0 Å². The number of benzene rings is 1. The van der Waals surface area contributed by atoms with Gasteiger partial charge in [0.25, 0.3) is 0 Å². The van der Waals surface area contributed by atoms with Gasteiger partial charge in [-0.05, 0) is 25.6 Å². The molecule has 3 heteroatoms. The van der Waals surface area contributed by atoms with Gasteiger partial charge in [-0.1, -0.05) is 50.1 Å². The summed E-state index contributed by atoms with van der Waals surface area (Å²) in [5.41, 5.74) is 0.912. The zero-order valence-electron chi connectivity index (χ0n) is 10.5. The second-order valence-electron chi connectivity index (χ2n) is 4.04. The molecule has 0 fully saturated rings. The molecule has 1 unspecified atom stereocenters. The van der Waals surface area contributed by atoms with E-state index in [-0.39, 0.29) is 6.04 Å². The largest absolute Gasteiger partial charge is 0.285 e. The number of nitrogens with zero attached hydrogens (tertiary/aromatic N) is 2. The minimum atomic E-state index is -0.236. The Hall–Kier alpha value is -1.04. The van der Waals surface area contributed by atoms with Gasteiger partial charge in [-0.25, -0.2) is 0 Å². The van der Waals surface area contributed by atoms with Gasteiger partial charge < -0.3 is 0 Å². The Kier molecular flexibility index (Phi) is 6.04. The molecule has 17 heavy (non-hydrogen) atoms. The van der Waals surface area contributed by atoms with E-state index in [1.807, 2.05) is 24.3 Å². The van der Waals surface area contributed by atoms with Crippen LogP contribution < -0.4 is 0 Å². The summed E-state index contributed by atoms with van der Waals surface area (Å²) in [6.07, 6.45) is 2.24. The Morgan fingerprint density at radius 3 is 2.59 bits per heavy atom. The number of unbranched alkanes of at least 4 members (excludes halogenated alkanes) is 1. The van der Waals surface area contributed by atoms with Crippen LogP contribution in [-0.4, -0.2) is 18.0 Å². The van der Waals surface area contributed by atoms with Crippen LogP contribution in [0, 0.1) is 11.3 Å². The molecule has 92 valence electrons. The van der Waals surface area contributed by atoms with Gasteiger partial charge in [0.1, 0.15) is 6.04 Å². The monoisotopic (exact) mass is 250 g/mol. The van der Waals surface area contributed by atoms with Gasteiger partial charge in [-0.2, -0.15) is 5.26 Å². The van der Waals surface area contributed by atoms with Crippen LogP contribution in [0.4, 0.5) is 0 Å². The minimum absolute atomic E-state index is 0.236. The summed E-state index contributed by atoms with van der Waals surface area (Å²) in [6, 6.07) is 9.72. The van der Waals surface area contributed by atoms with E-state index in [1.165, 1.54) is 0 Å². The number of nitriles is 1. The van der Waals surface area contributed by atoms with Crippen molar-refractivity contribution in [3.8, 4) is 6.07 Å². The van der Waals surface area contributed by atoms with Crippen LogP contribution >= 0.6 is 11.6 Å². The third-order valence-electron chi connectivity index (χ3n) is 2.89. The highest BCUT2D eigenvalue weighted by atomic mass is 35.5. The molecule has 0 aliphatic heterocycles.